The van der Waals surface area contributed by atoms with E-state index in [1.54, 1.807) is 13.0 Å². The van der Waals surface area contributed by atoms with Crippen molar-refractivity contribution in [1.82, 2.24) is 0 Å². The van der Waals surface area contributed by atoms with Gasteiger partial charge in [0.25, 0.3) is 0 Å². The lowest BCUT2D eigenvalue weighted by Crippen LogP contribution is -2.06. The van der Waals surface area contributed by atoms with E-state index in [1.807, 2.05) is 6.92 Å². The highest BCUT2D eigenvalue weighted by molar-refractivity contribution is 5.87. The van der Waals surface area contributed by atoms with E-state index in [1.165, 1.54) is 0 Å². The summed E-state index contributed by atoms with van der Waals surface area (Å²) in [5, 5.41) is 0. The number of ether oxygens (including phenoxy) is 2. The summed E-state index contributed by atoms with van der Waals surface area (Å²) in [5.41, 5.74) is 0.385. The summed E-state index contributed by atoms with van der Waals surface area (Å²) in [4.78, 5) is 10.8. The highest BCUT2D eigenvalue weighted by atomic mass is 16.8. The minimum atomic E-state index is -0.454. The molecular formula is C8H10O3. The van der Waals surface area contributed by atoms with E-state index in [-0.39, 0.29) is 0 Å². The molecule has 0 aromatic heterocycles. The molecule has 0 aliphatic carbocycles. The Morgan fingerprint density at radius 2 is 2.45 bits per heavy atom. The first-order chi connectivity index (χ1) is 5.15. The smallest absolute Gasteiger partial charge is 0.336 e. The minimum absolute atomic E-state index is 0.385. The van der Waals surface area contributed by atoms with Crippen LogP contribution in [0.15, 0.2) is 24.0 Å². The summed E-state index contributed by atoms with van der Waals surface area (Å²) < 4.78 is 9.66. The molecule has 0 N–H and O–H groups in total. The van der Waals surface area contributed by atoms with E-state index in [2.05, 4.69) is 6.58 Å². The van der Waals surface area contributed by atoms with Gasteiger partial charge in [0.15, 0.2) is 5.76 Å². The van der Waals surface area contributed by atoms with Crippen LogP contribution in [0.5, 0.6) is 0 Å². The van der Waals surface area contributed by atoms with Gasteiger partial charge >= 0.3 is 12.3 Å². The SMILES string of the molecule is C=C(C)C(=O)OC1OC1=CC. The van der Waals surface area contributed by atoms with Gasteiger partial charge in [-0.3, -0.25) is 0 Å². The highest BCUT2D eigenvalue weighted by Crippen LogP contribution is 2.28. The maximum atomic E-state index is 10.8. The molecular weight excluding hydrogens is 144 g/mol. The molecule has 1 aliphatic heterocycles. The van der Waals surface area contributed by atoms with Gasteiger partial charge < -0.3 is 9.47 Å². The zero-order valence-electron chi connectivity index (χ0n) is 6.59. The molecule has 1 fully saturated rings. The minimum Gasteiger partial charge on any atom is -0.445 e. The average molecular weight is 154 g/mol. The lowest BCUT2D eigenvalue weighted by Gasteiger charge is -1.95. The second-order valence-electron chi connectivity index (χ2n) is 2.33. The van der Waals surface area contributed by atoms with Gasteiger partial charge in [-0.05, 0) is 19.9 Å². The van der Waals surface area contributed by atoms with Crippen LogP contribution < -0.4 is 0 Å². The average Bonchev–Trinajstić information content (AvgIpc) is 2.67. The summed E-state index contributed by atoms with van der Waals surface area (Å²) >= 11 is 0. The van der Waals surface area contributed by atoms with Crippen molar-refractivity contribution in [3.8, 4) is 0 Å². The quantitative estimate of drug-likeness (QED) is 0.342. The second-order valence-corrected chi connectivity index (χ2v) is 2.33. The van der Waals surface area contributed by atoms with E-state index >= 15 is 0 Å². The van der Waals surface area contributed by atoms with Crippen LogP contribution in [0.2, 0.25) is 0 Å². The normalized spacial score (nSPS) is 24.2. The number of epoxide rings is 1. The van der Waals surface area contributed by atoms with Crippen molar-refractivity contribution in [3.63, 3.8) is 0 Å². The van der Waals surface area contributed by atoms with Crippen molar-refractivity contribution in [1.29, 1.82) is 0 Å². The predicted octanol–water partition coefficient (Wildman–Crippen LogP) is 1.37. The van der Waals surface area contributed by atoms with Crippen molar-refractivity contribution >= 4 is 5.97 Å². The van der Waals surface area contributed by atoms with Gasteiger partial charge in [-0.25, -0.2) is 4.79 Å². The first-order valence-corrected chi connectivity index (χ1v) is 3.34. The van der Waals surface area contributed by atoms with Gasteiger partial charge in [-0.15, -0.1) is 0 Å². The number of carbonyl (C=O) groups excluding carboxylic acids is 1. The van der Waals surface area contributed by atoms with Crippen LogP contribution in [0.1, 0.15) is 13.8 Å². The third kappa shape index (κ3) is 1.83. The van der Waals surface area contributed by atoms with Gasteiger partial charge in [0.1, 0.15) is 0 Å². The largest absolute Gasteiger partial charge is 0.445 e. The molecule has 1 unspecified atom stereocenters. The Balaban J connectivity index is 2.35. The molecule has 0 radical (unpaired) electrons. The van der Waals surface area contributed by atoms with Crippen LogP contribution in [0.3, 0.4) is 0 Å². The number of hydrogen-bond donors (Lipinski definition) is 0. The fraction of sp³-hybridized carbons (Fsp3) is 0.375. The molecule has 0 bridgehead atoms. The summed E-state index contributed by atoms with van der Waals surface area (Å²) in [6.45, 7) is 6.86. The molecule has 3 heteroatoms. The Kier molecular flexibility index (Phi) is 1.98. The maximum Gasteiger partial charge on any atom is 0.336 e. The Morgan fingerprint density at radius 3 is 2.82 bits per heavy atom. The Morgan fingerprint density at radius 1 is 1.82 bits per heavy atom. The van der Waals surface area contributed by atoms with Crippen molar-refractivity contribution in [2.24, 2.45) is 0 Å². The molecule has 11 heavy (non-hydrogen) atoms. The second kappa shape index (κ2) is 2.78. The van der Waals surface area contributed by atoms with Crippen molar-refractivity contribution in [2.75, 3.05) is 0 Å². The number of rotatable bonds is 2. The molecule has 3 nitrogen and oxygen atoms in total. The highest BCUT2D eigenvalue weighted by Gasteiger charge is 2.35. The van der Waals surface area contributed by atoms with E-state index in [0.717, 1.165) is 0 Å². The number of carbonyl (C=O) groups is 1. The number of allylic oxidation sites excluding steroid dienone is 1. The fourth-order valence-electron chi connectivity index (χ4n) is 0.574. The van der Waals surface area contributed by atoms with Crippen molar-refractivity contribution in [2.45, 2.75) is 20.1 Å². The zero-order valence-corrected chi connectivity index (χ0v) is 6.59. The summed E-state index contributed by atoms with van der Waals surface area (Å²) in [7, 11) is 0. The standard InChI is InChI=1S/C8H10O3/c1-4-6-8(10-6)11-7(9)5(2)3/h4,8H,2H2,1,3H3. The number of hydrogen-bond acceptors (Lipinski definition) is 3. The van der Waals surface area contributed by atoms with Gasteiger partial charge in [-0.2, -0.15) is 0 Å². The van der Waals surface area contributed by atoms with Crippen molar-refractivity contribution < 1.29 is 14.3 Å². The topological polar surface area (TPSA) is 38.8 Å². The monoisotopic (exact) mass is 154 g/mol. The molecule has 0 aromatic rings. The Hall–Kier alpha value is -1.25. The van der Waals surface area contributed by atoms with Crippen LogP contribution in [0.4, 0.5) is 0 Å². The van der Waals surface area contributed by atoms with Crippen LogP contribution in [0.25, 0.3) is 0 Å². The Labute approximate surface area is 65.3 Å². The van der Waals surface area contributed by atoms with Crippen LogP contribution in [-0.2, 0) is 14.3 Å². The summed E-state index contributed by atoms with van der Waals surface area (Å²) in [5.74, 6) is 0.298. The van der Waals surface area contributed by atoms with Crippen LogP contribution >= 0.6 is 0 Å². The van der Waals surface area contributed by atoms with Gasteiger partial charge in [0.2, 0.25) is 0 Å². The number of esters is 1. The Bertz CT molecular complexity index is 227. The van der Waals surface area contributed by atoms with Crippen LogP contribution in [0, 0.1) is 0 Å². The van der Waals surface area contributed by atoms with E-state index in [4.69, 9.17) is 9.47 Å². The lowest BCUT2D eigenvalue weighted by molar-refractivity contribution is -0.143. The first kappa shape index (κ1) is 7.85. The molecule has 1 rings (SSSR count). The van der Waals surface area contributed by atoms with E-state index in [0.29, 0.717) is 11.3 Å². The van der Waals surface area contributed by atoms with Gasteiger partial charge in [0.05, 0.1) is 0 Å². The molecule has 1 heterocycles. The molecule has 0 amide bonds. The first-order valence-electron chi connectivity index (χ1n) is 3.34. The fourth-order valence-corrected chi connectivity index (χ4v) is 0.574. The molecule has 1 saturated heterocycles. The molecule has 0 aromatic carbocycles. The predicted molar refractivity (Wildman–Crippen MR) is 39.5 cm³/mol. The third-order valence-corrected chi connectivity index (χ3v) is 1.27. The molecule has 60 valence electrons. The lowest BCUT2D eigenvalue weighted by atomic mass is 10.4. The van der Waals surface area contributed by atoms with E-state index in [9.17, 15) is 4.79 Å². The molecule has 0 spiro atoms. The third-order valence-electron chi connectivity index (χ3n) is 1.27. The van der Waals surface area contributed by atoms with Crippen molar-refractivity contribution in [3.05, 3.63) is 24.0 Å². The van der Waals surface area contributed by atoms with Gasteiger partial charge in [-0.1, -0.05) is 6.58 Å². The maximum absolute atomic E-state index is 10.8. The molecule has 1 aliphatic rings. The van der Waals surface area contributed by atoms with Gasteiger partial charge in [0, 0.05) is 5.57 Å². The summed E-state index contributed by atoms with van der Waals surface area (Å²) in [6, 6.07) is 0. The van der Waals surface area contributed by atoms with E-state index < -0.39 is 12.3 Å². The molecule has 1 atom stereocenters. The zero-order chi connectivity index (χ0) is 8.43. The van der Waals surface area contributed by atoms with Crippen LogP contribution in [-0.4, -0.2) is 12.3 Å². The summed E-state index contributed by atoms with van der Waals surface area (Å²) in [6.07, 6.45) is 1.31. The molecule has 0 saturated carbocycles.